The van der Waals surface area contributed by atoms with Crippen LogP contribution in [0.1, 0.15) is 19.3 Å². The summed E-state index contributed by atoms with van der Waals surface area (Å²) in [6, 6.07) is 0. The molecule has 1 saturated carbocycles. The molecule has 0 aliphatic heterocycles. The summed E-state index contributed by atoms with van der Waals surface area (Å²) in [6.45, 7) is 2.39. The Morgan fingerprint density at radius 2 is 2.08 bits per heavy atom. The normalized spacial score (nSPS) is 20.5. The standard InChI is InChI=1S/C9H19NS2/c1-11-7-6-10-8-9(12-2)4-3-5-9/h10H,3-8H2,1-2H3. The molecule has 0 aromatic heterocycles. The van der Waals surface area contributed by atoms with Crippen LogP contribution in [0.4, 0.5) is 0 Å². The fourth-order valence-electron chi connectivity index (χ4n) is 1.51. The molecular formula is C9H19NS2. The molecule has 1 N–H and O–H groups in total. The van der Waals surface area contributed by atoms with Gasteiger partial charge in [-0.1, -0.05) is 6.42 Å². The van der Waals surface area contributed by atoms with Crippen LogP contribution in [0.2, 0.25) is 0 Å². The number of rotatable bonds is 6. The molecule has 0 aromatic rings. The van der Waals surface area contributed by atoms with E-state index >= 15 is 0 Å². The van der Waals surface area contributed by atoms with Crippen molar-refractivity contribution in [2.45, 2.75) is 24.0 Å². The Morgan fingerprint density at radius 3 is 2.50 bits per heavy atom. The first-order valence-electron chi connectivity index (χ1n) is 4.58. The van der Waals surface area contributed by atoms with E-state index in [1.54, 1.807) is 0 Å². The minimum absolute atomic E-state index is 0.610. The molecule has 0 saturated heterocycles. The van der Waals surface area contributed by atoms with Gasteiger partial charge in [-0.25, -0.2) is 0 Å². The van der Waals surface area contributed by atoms with E-state index in [2.05, 4.69) is 17.8 Å². The molecule has 0 radical (unpaired) electrons. The lowest BCUT2D eigenvalue weighted by atomic mass is 9.84. The fourth-order valence-corrected chi connectivity index (χ4v) is 2.81. The lowest BCUT2D eigenvalue weighted by molar-refractivity contribution is 0.349. The average Bonchev–Trinajstić information content (AvgIpc) is 2.02. The van der Waals surface area contributed by atoms with Crippen LogP contribution in [0.25, 0.3) is 0 Å². The second-order valence-corrected chi connectivity index (χ2v) is 5.67. The first-order chi connectivity index (χ1) is 5.83. The van der Waals surface area contributed by atoms with Gasteiger partial charge in [-0.15, -0.1) is 0 Å². The molecule has 0 amide bonds. The molecule has 1 aliphatic carbocycles. The molecule has 12 heavy (non-hydrogen) atoms. The molecule has 1 aliphatic rings. The zero-order valence-electron chi connectivity index (χ0n) is 8.06. The predicted molar refractivity (Wildman–Crippen MR) is 61.3 cm³/mol. The molecule has 0 spiro atoms. The van der Waals surface area contributed by atoms with E-state index in [-0.39, 0.29) is 0 Å². The van der Waals surface area contributed by atoms with Crippen LogP contribution in [-0.4, -0.2) is 36.1 Å². The van der Waals surface area contributed by atoms with Gasteiger partial charge in [-0.3, -0.25) is 0 Å². The molecule has 1 fully saturated rings. The smallest absolute Gasteiger partial charge is 0.0281 e. The Kier molecular flexibility index (Phi) is 4.84. The molecule has 1 nitrogen and oxygen atoms in total. The Hall–Kier alpha value is 0.660. The highest BCUT2D eigenvalue weighted by Gasteiger charge is 2.35. The third-order valence-electron chi connectivity index (χ3n) is 2.63. The Balaban J connectivity index is 2.04. The van der Waals surface area contributed by atoms with Crippen LogP contribution in [0.15, 0.2) is 0 Å². The molecule has 0 bridgehead atoms. The largest absolute Gasteiger partial charge is 0.315 e. The van der Waals surface area contributed by atoms with E-state index in [1.165, 1.54) is 38.1 Å². The van der Waals surface area contributed by atoms with E-state index in [1.807, 2.05) is 23.5 Å². The predicted octanol–water partition coefficient (Wildman–Crippen LogP) is 2.22. The summed E-state index contributed by atoms with van der Waals surface area (Å²) >= 11 is 3.96. The minimum Gasteiger partial charge on any atom is -0.315 e. The topological polar surface area (TPSA) is 12.0 Å². The molecule has 0 aromatic carbocycles. The Morgan fingerprint density at radius 1 is 1.33 bits per heavy atom. The zero-order chi connectivity index (χ0) is 8.86. The van der Waals surface area contributed by atoms with Crippen LogP contribution in [-0.2, 0) is 0 Å². The first-order valence-corrected chi connectivity index (χ1v) is 7.20. The van der Waals surface area contributed by atoms with Gasteiger partial charge >= 0.3 is 0 Å². The number of thioether (sulfide) groups is 2. The van der Waals surface area contributed by atoms with Gasteiger partial charge in [0.05, 0.1) is 0 Å². The van der Waals surface area contributed by atoms with Crippen LogP contribution in [0.5, 0.6) is 0 Å². The summed E-state index contributed by atoms with van der Waals surface area (Å²) in [4.78, 5) is 0. The highest BCUT2D eigenvalue weighted by molar-refractivity contribution is 8.00. The fraction of sp³-hybridized carbons (Fsp3) is 1.00. The lowest BCUT2D eigenvalue weighted by Crippen LogP contribution is -2.43. The quantitative estimate of drug-likeness (QED) is 0.668. The summed E-state index contributed by atoms with van der Waals surface area (Å²) in [5.74, 6) is 1.24. The zero-order valence-corrected chi connectivity index (χ0v) is 9.69. The van der Waals surface area contributed by atoms with E-state index in [9.17, 15) is 0 Å². The molecule has 72 valence electrons. The maximum absolute atomic E-state index is 3.54. The summed E-state index contributed by atoms with van der Waals surface area (Å²) in [7, 11) is 0. The van der Waals surface area contributed by atoms with Crippen molar-refractivity contribution in [3.63, 3.8) is 0 Å². The molecule has 0 heterocycles. The van der Waals surface area contributed by atoms with Crippen molar-refractivity contribution >= 4 is 23.5 Å². The van der Waals surface area contributed by atoms with Crippen molar-refractivity contribution in [2.24, 2.45) is 0 Å². The highest BCUT2D eigenvalue weighted by Crippen LogP contribution is 2.41. The van der Waals surface area contributed by atoms with Crippen molar-refractivity contribution in [3.8, 4) is 0 Å². The van der Waals surface area contributed by atoms with Gasteiger partial charge in [0.25, 0.3) is 0 Å². The van der Waals surface area contributed by atoms with Gasteiger partial charge in [-0.2, -0.15) is 23.5 Å². The van der Waals surface area contributed by atoms with Crippen molar-refractivity contribution < 1.29 is 0 Å². The lowest BCUT2D eigenvalue weighted by Gasteiger charge is -2.40. The molecule has 0 atom stereocenters. The average molecular weight is 205 g/mol. The van der Waals surface area contributed by atoms with Crippen molar-refractivity contribution in [2.75, 3.05) is 31.4 Å². The molecule has 0 unspecified atom stereocenters. The van der Waals surface area contributed by atoms with Crippen LogP contribution < -0.4 is 5.32 Å². The summed E-state index contributed by atoms with van der Waals surface area (Å²) in [5, 5.41) is 3.54. The molecule has 1 rings (SSSR count). The van der Waals surface area contributed by atoms with Crippen LogP contribution >= 0.6 is 23.5 Å². The monoisotopic (exact) mass is 205 g/mol. The third-order valence-corrected chi connectivity index (χ3v) is 4.66. The van der Waals surface area contributed by atoms with Crippen molar-refractivity contribution in [1.29, 1.82) is 0 Å². The maximum Gasteiger partial charge on any atom is 0.0281 e. The second kappa shape index (κ2) is 5.40. The van der Waals surface area contributed by atoms with E-state index < -0.39 is 0 Å². The van der Waals surface area contributed by atoms with Crippen LogP contribution in [0.3, 0.4) is 0 Å². The van der Waals surface area contributed by atoms with Gasteiger partial charge in [-0.05, 0) is 25.4 Å². The first kappa shape index (κ1) is 10.7. The van der Waals surface area contributed by atoms with Crippen molar-refractivity contribution in [3.05, 3.63) is 0 Å². The number of nitrogens with one attached hydrogen (secondary N) is 1. The van der Waals surface area contributed by atoms with Gasteiger partial charge in [0.15, 0.2) is 0 Å². The van der Waals surface area contributed by atoms with E-state index in [4.69, 9.17) is 0 Å². The van der Waals surface area contributed by atoms with E-state index in [0.717, 1.165) is 0 Å². The van der Waals surface area contributed by atoms with E-state index in [0.29, 0.717) is 4.75 Å². The van der Waals surface area contributed by atoms with Gasteiger partial charge < -0.3 is 5.32 Å². The second-order valence-electron chi connectivity index (χ2n) is 3.41. The minimum atomic E-state index is 0.610. The van der Waals surface area contributed by atoms with Gasteiger partial charge in [0, 0.05) is 23.6 Å². The summed E-state index contributed by atoms with van der Waals surface area (Å²) < 4.78 is 0.610. The van der Waals surface area contributed by atoms with Gasteiger partial charge in [0.2, 0.25) is 0 Å². The SMILES string of the molecule is CSCCNCC1(SC)CCC1. The Labute approximate surface area is 84.4 Å². The number of hydrogen-bond donors (Lipinski definition) is 1. The summed E-state index contributed by atoms with van der Waals surface area (Å²) in [6.07, 6.45) is 8.68. The van der Waals surface area contributed by atoms with Gasteiger partial charge in [0.1, 0.15) is 0 Å². The van der Waals surface area contributed by atoms with Crippen LogP contribution in [0, 0.1) is 0 Å². The van der Waals surface area contributed by atoms with Crippen molar-refractivity contribution in [1.82, 2.24) is 5.32 Å². The Bertz CT molecular complexity index is 118. The molecule has 3 heteroatoms. The number of hydrogen-bond acceptors (Lipinski definition) is 3. The summed E-state index contributed by atoms with van der Waals surface area (Å²) in [5.41, 5.74) is 0. The maximum atomic E-state index is 3.54. The third kappa shape index (κ3) is 2.86. The molecular weight excluding hydrogens is 186 g/mol. The highest BCUT2D eigenvalue weighted by atomic mass is 32.2.